The summed E-state index contributed by atoms with van der Waals surface area (Å²) in [6.45, 7) is 3.77. The Balaban J connectivity index is 0.00000304. The molecule has 3 heterocycles. The Morgan fingerprint density at radius 1 is 1.08 bits per heavy atom. The summed E-state index contributed by atoms with van der Waals surface area (Å²) in [4.78, 5) is 40.1. The normalized spacial score (nSPS) is 13.7. The molecular weight excluding hydrogens is 550 g/mol. The number of fused-ring (bicyclic) bond motifs is 1. The van der Waals surface area contributed by atoms with E-state index in [1.54, 1.807) is 6.07 Å². The average molecular weight is 575 g/mol. The lowest BCUT2D eigenvalue weighted by Crippen LogP contribution is -2.34. The second kappa shape index (κ2) is 11.1. The highest BCUT2D eigenvalue weighted by atomic mass is 79.9. The van der Waals surface area contributed by atoms with E-state index in [0.717, 1.165) is 47.2 Å². The highest BCUT2D eigenvalue weighted by Crippen LogP contribution is 2.24. The summed E-state index contributed by atoms with van der Waals surface area (Å²) in [5.74, 6) is -0.0279. The maximum absolute atomic E-state index is 12.9. The van der Waals surface area contributed by atoms with Crippen LogP contribution in [0.3, 0.4) is 0 Å². The van der Waals surface area contributed by atoms with E-state index in [0.29, 0.717) is 11.2 Å². The van der Waals surface area contributed by atoms with Crippen LogP contribution in [0.1, 0.15) is 39.4 Å². The average Bonchev–Trinajstić information content (AvgIpc) is 3.49. The smallest absolute Gasteiger partial charge is 0.276 e. The Hall–Kier alpha value is -3.41. The van der Waals surface area contributed by atoms with Gasteiger partial charge in [0, 0.05) is 16.2 Å². The van der Waals surface area contributed by atoms with E-state index in [4.69, 9.17) is 4.74 Å². The van der Waals surface area contributed by atoms with E-state index in [9.17, 15) is 9.59 Å². The van der Waals surface area contributed by atoms with E-state index < -0.39 is 11.8 Å². The van der Waals surface area contributed by atoms with Crippen molar-refractivity contribution in [2.24, 2.45) is 0 Å². The fourth-order valence-electron chi connectivity index (χ4n) is 3.95. The number of hydrogen-bond acceptors (Lipinski definition) is 6. The molecule has 4 aromatic rings. The van der Waals surface area contributed by atoms with E-state index in [-0.39, 0.29) is 35.8 Å². The summed E-state index contributed by atoms with van der Waals surface area (Å²) in [7, 11) is 0. The molecule has 2 aromatic heterocycles. The minimum absolute atomic E-state index is 0. The third-order valence-electron chi connectivity index (χ3n) is 5.80. The Bertz CT molecular complexity index is 1400. The first kappa shape index (κ1) is 25.7. The first-order chi connectivity index (χ1) is 17.0. The molecule has 2 aromatic carbocycles. The van der Waals surface area contributed by atoms with Crippen LogP contribution in [0.25, 0.3) is 11.0 Å². The third-order valence-corrected chi connectivity index (χ3v) is 6.30. The molecular formula is C24H25BrClN7O3. The highest BCUT2D eigenvalue weighted by molar-refractivity contribution is 9.10. The molecule has 5 N–H and O–H groups in total. The zero-order chi connectivity index (χ0) is 24.4. The van der Waals surface area contributed by atoms with Crippen molar-refractivity contribution in [2.75, 3.05) is 23.7 Å². The van der Waals surface area contributed by atoms with Crippen LogP contribution < -0.4 is 20.7 Å². The van der Waals surface area contributed by atoms with Crippen molar-refractivity contribution in [3.05, 3.63) is 64.1 Å². The number of imidazole rings is 2. The molecule has 0 unspecified atom stereocenters. The fraction of sp³-hybridized carbons (Fsp3) is 0.250. The fourth-order valence-corrected chi connectivity index (χ4v) is 4.31. The maximum atomic E-state index is 12.9. The molecule has 188 valence electrons. The molecule has 0 spiro atoms. The Morgan fingerprint density at radius 3 is 2.69 bits per heavy atom. The molecule has 0 radical (unpaired) electrons. The van der Waals surface area contributed by atoms with Crippen LogP contribution in [0.2, 0.25) is 0 Å². The molecule has 2 amide bonds. The summed E-state index contributed by atoms with van der Waals surface area (Å²) in [5.41, 5.74) is 2.94. The second-order valence-electron chi connectivity index (χ2n) is 8.33. The quantitative estimate of drug-likeness (QED) is 0.231. The lowest BCUT2D eigenvalue weighted by atomic mass is 10.1. The Morgan fingerprint density at radius 2 is 1.89 bits per heavy atom. The molecule has 5 rings (SSSR count). The molecule has 0 saturated carbocycles. The Labute approximate surface area is 221 Å². The van der Waals surface area contributed by atoms with E-state index >= 15 is 0 Å². The molecule has 0 atom stereocenters. The number of hydrogen-bond donors (Lipinski definition) is 5. The van der Waals surface area contributed by atoms with Crippen LogP contribution in [0.4, 0.5) is 11.6 Å². The van der Waals surface area contributed by atoms with Gasteiger partial charge >= 0.3 is 0 Å². The number of aryl methyl sites for hydroxylation is 1. The van der Waals surface area contributed by atoms with E-state index in [2.05, 4.69) is 51.8 Å². The van der Waals surface area contributed by atoms with Crippen molar-refractivity contribution < 1.29 is 14.3 Å². The van der Waals surface area contributed by atoms with Gasteiger partial charge in [-0.25, -0.2) is 9.97 Å². The molecule has 1 aliphatic heterocycles. The monoisotopic (exact) mass is 573 g/mol. The molecule has 0 aliphatic carbocycles. The highest BCUT2D eigenvalue weighted by Gasteiger charge is 2.22. The van der Waals surface area contributed by atoms with Gasteiger partial charge < -0.3 is 25.3 Å². The van der Waals surface area contributed by atoms with Crippen LogP contribution in [0, 0.1) is 6.92 Å². The van der Waals surface area contributed by atoms with Crippen molar-refractivity contribution in [3.63, 3.8) is 0 Å². The number of carbonyl (C=O) groups excluding carboxylic acids is 2. The summed E-state index contributed by atoms with van der Waals surface area (Å²) in [6, 6.07) is 11.1. The van der Waals surface area contributed by atoms with E-state index in [1.807, 2.05) is 37.3 Å². The molecule has 1 saturated heterocycles. The van der Waals surface area contributed by atoms with Gasteiger partial charge in [-0.05, 0) is 62.7 Å². The van der Waals surface area contributed by atoms with Crippen molar-refractivity contribution in [1.82, 2.24) is 25.3 Å². The van der Waals surface area contributed by atoms with Crippen molar-refractivity contribution >= 4 is 62.8 Å². The minimum Gasteiger partial charge on any atom is -0.490 e. The number of anilines is 2. The maximum Gasteiger partial charge on any atom is 0.276 e. The minimum atomic E-state index is -0.538. The largest absolute Gasteiger partial charge is 0.490 e. The zero-order valence-electron chi connectivity index (χ0n) is 19.4. The number of ether oxygens (including phenoxy) is 1. The first-order valence-electron chi connectivity index (χ1n) is 11.3. The van der Waals surface area contributed by atoms with Crippen LogP contribution in [-0.4, -0.2) is 50.9 Å². The standard InChI is InChI=1S/C24H24BrN7O3.ClH/c1-13-2-3-14(25)10-18(13)29-22(33)20-21(28-12-27-20)23(34)32-24-30-17-5-4-16(11-19(17)31-24)35-15-6-8-26-9-7-15;/h2-5,10-12,15,26H,6-9H2,1H3,(H,27,28)(H,29,33)(H2,30,31,32,34);1H. The summed E-state index contributed by atoms with van der Waals surface area (Å²) >= 11 is 3.40. The number of aromatic nitrogens is 4. The van der Waals surface area contributed by atoms with Crippen LogP contribution in [0.15, 0.2) is 47.2 Å². The van der Waals surface area contributed by atoms with Gasteiger partial charge in [-0.3, -0.25) is 14.9 Å². The van der Waals surface area contributed by atoms with Crippen molar-refractivity contribution in [2.45, 2.75) is 25.9 Å². The summed E-state index contributed by atoms with van der Waals surface area (Å²) in [6.07, 6.45) is 3.41. The van der Waals surface area contributed by atoms with E-state index in [1.165, 1.54) is 6.33 Å². The van der Waals surface area contributed by atoms with Crippen LogP contribution in [0.5, 0.6) is 5.75 Å². The lowest BCUT2D eigenvalue weighted by Gasteiger charge is -2.23. The number of benzene rings is 2. The molecule has 1 aliphatic rings. The summed E-state index contributed by atoms with van der Waals surface area (Å²) < 4.78 is 6.91. The van der Waals surface area contributed by atoms with Gasteiger partial charge in [-0.1, -0.05) is 22.0 Å². The molecule has 0 bridgehead atoms. The molecule has 1 fully saturated rings. The van der Waals surface area contributed by atoms with Crippen LogP contribution >= 0.6 is 28.3 Å². The first-order valence-corrected chi connectivity index (χ1v) is 12.0. The van der Waals surface area contributed by atoms with Gasteiger partial charge in [0.25, 0.3) is 11.8 Å². The number of carbonyl (C=O) groups is 2. The number of halogens is 2. The number of amides is 2. The second-order valence-corrected chi connectivity index (χ2v) is 9.24. The zero-order valence-corrected chi connectivity index (χ0v) is 21.8. The number of nitrogens with one attached hydrogen (secondary N) is 5. The number of rotatable bonds is 6. The molecule has 36 heavy (non-hydrogen) atoms. The van der Waals surface area contributed by atoms with Gasteiger partial charge in [-0.2, -0.15) is 0 Å². The molecule has 10 nitrogen and oxygen atoms in total. The number of aromatic amines is 2. The van der Waals surface area contributed by atoms with Gasteiger partial charge in [0.1, 0.15) is 17.5 Å². The molecule has 12 heteroatoms. The summed E-state index contributed by atoms with van der Waals surface area (Å²) in [5, 5.41) is 8.82. The van der Waals surface area contributed by atoms with Gasteiger partial charge in [0.2, 0.25) is 5.95 Å². The van der Waals surface area contributed by atoms with Gasteiger partial charge in [-0.15, -0.1) is 12.4 Å². The van der Waals surface area contributed by atoms with Crippen LogP contribution in [-0.2, 0) is 0 Å². The number of nitrogens with zero attached hydrogens (tertiary/aromatic N) is 2. The third kappa shape index (κ3) is 5.69. The van der Waals surface area contributed by atoms with Crippen molar-refractivity contribution in [1.29, 1.82) is 0 Å². The topological polar surface area (TPSA) is 137 Å². The number of piperidine rings is 1. The SMILES string of the molecule is Cc1ccc(Br)cc1NC(=O)c1nc[nH]c1C(=O)Nc1nc2ccc(OC3CCNCC3)cc2[nH]1.Cl. The predicted octanol–water partition coefficient (Wildman–Crippen LogP) is 4.41. The van der Waals surface area contributed by atoms with Gasteiger partial charge in [0.05, 0.1) is 17.4 Å². The van der Waals surface area contributed by atoms with Gasteiger partial charge in [0.15, 0.2) is 5.69 Å². The van der Waals surface area contributed by atoms with Crippen molar-refractivity contribution in [3.8, 4) is 5.75 Å². The Kier molecular flexibility index (Phi) is 7.92. The lowest BCUT2D eigenvalue weighted by molar-refractivity contribution is 0.0985. The predicted molar refractivity (Wildman–Crippen MR) is 143 cm³/mol. The number of H-pyrrole nitrogens is 2.